The van der Waals surface area contributed by atoms with Crippen LogP contribution in [0.1, 0.15) is 6.92 Å². The van der Waals surface area contributed by atoms with Crippen LogP contribution in [0.25, 0.3) is 0 Å². The zero-order valence-corrected chi connectivity index (χ0v) is 13.0. The van der Waals surface area contributed by atoms with Gasteiger partial charge in [-0.15, -0.1) is 0 Å². The van der Waals surface area contributed by atoms with Crippen molar-refractivity contribution in [2.45, 2.75) is 13.0 Å². The van der Waals surface area contributed by atoms with Gasteiger partial charge in [0.2, 0.25) is 11.8 Å². The number of amidine groups is 1. The SMILES string of the molecule is CC(=O)NC1C(=O)N=C(SCC(=O)Nc2ccccc2)NC1=O. The van der Waals surface area contributed by atoms with E-state index in [-0.39, 0.29) is 16.8 Å². The van der Waals surface area contributed by atoms with Gasteiger partial charge in [-0.2, -0.15) is 4.99 Å². The summed E-state index contributed by atoms with van der Waals surface area (Å²) in [5.74, 6) is -2.27. The summed E-state index contributed by atoms with van der Waals surface area (Å²) in [4.78, 5) is 49.8. The number of carbonyl (C=O) groups is 4. The van der Waals surface area contributed by atoms with Gasteiger partial charge in [0.1, 0.15) is 0 Å². The quantitative estimate of drug-likeness (QED) is 0.664. The van der Waals surface area contributed by atoms with Crippen LogP contribution in [-0.2, 0) is 19.2 Å². The molecule has 0 aliphatic carbocycles. The van der Waals surface area contributed by atoms with Crippen LogP contribution in [0.3, 0.4) is 0 Å². The highest BCUT2D eigenvalue weighted by molar-refractivity contribution is 8.14. The molecule has 0 saturated carbocycles. The van der Waals surface area contributed by atoms with Crippen molar-refractivity contribution in [2.75, 3.05) is 11.1 Å². The third-order valence-electron chi connectivity index (χ3n) is 2.70. The number of nitrogens with zero attached hydrogens (tertiary/aromatic N) is 1. The predicted octanol–water partition coefficient (Wildman–Crippen LogP) is -0.125. The molecule has 1 unspecified atom stereocenters. The lowest BCUT2D eigenvalue weighted by molar-refractivity contribution is -0.134. The van der Waals surface area contributed by atoms with Crippen LogP contribution in [0.5, 0.6) is 0 Å². The van der Waals surface area contributed by atoms with Crippen LogP contribution < -0.4 is 16.0 Å². The van der Waals surface area contributed by atoms with E-state index in [1.165, 1.54) is 6.92 Å². The van der Waals surface area contributed by atoms with Crippen LogP contribution in [0.15, 0.2) is 35.3 Å². The van der Waals surface area contributed by atoms with Crippen molar-refractivity contribution in [3.63, 3.8) is 0 Å². The summed E-state index contributed by atoms with van der Waals surface area (Å²) in [6.45, 7) is 1.20. The first-order valence-corrected chi connectivity index (χ1v) is 7.62. The third-order valence-corrected chi connectivity index (χ3v) is 3.57. The Balaban J connectivity index is 1.89. The van der Waals surface area contributed by atoms with Crippen molar-refractivity contribution in [3.8, 4) is 0 Å². The van der Waals surface area contributed by atoms with E-state index in [0.29, 0.717) is 5.69 Å². The number of aliphatic imine (C=N–C) groups is 1. The highest BCUT2D eigenvalue weighted by Gasteiger charge is 2.32. The van der Waals surface area contributed by atoms with Crippen LogP contribution >= 0.6 is 11.8 Å². The molecule has 0 spiro atoms. The first-order valence-electron chi connectivity index (χ1n) is 6.64. The standard InChI is InChI=1S/C14H14N4O4S/c1-8(19)15-11-12(21)17-14(18-13(11)22)23-7-10(20)16-9-5-3-2-4-6-9/h2-6,11H,7H2,1H3,(H,15,19)(H,16,20)(H,17,18,21,22). The van der Waals surface area contributed by atoms with E-state index >= 15 is 0 Å². The summed E-state index contributed by atoms with van der Waals surface area (Å²) in [5.41, 5.74) is 0.648. The number of rotatable bonds is 4. The van der Waals surface area contributed by atoms with Crippen molar-refractivity contribution in [2.24, 2.45) is 4.99 Å². The maximum absolute atomic E-state index is 11.8. The second-order valence-electron chi connectivity index (χ2n) is 4.58. The topological polar surface area (TPSA) is 117 Å². The van der Waals surface area contributed by atoms with Crippen molar-refractivity contribution in [3.05, 3.63) is 30.3 Å². The Bertz CT molecular complexity index is 675. The number of anilines is 1. The molecule has 1 aliphatic heterocycles. The molecule has 23 heavy (non-hydrogen) atoms. The fourth-order valence-corrected chi connectivity index (χ4v) is 2.40. The van der Waals surface area contributed by atoms with Gasteiger partial charge in [0.25, 0.3) is 11.8 Å². The number of nitrogens with one attached hydrogen (secondary N) is 3. The first kappa shape index (κ1) is 16.7. The number of para-hydroxylation sites is 1. The predicted molar refractivity (Wildman–Crippen MR) is 85.7 cm³/mol. The van der Waals surface area contributed by atoms with Gasteiger partial charge < -0.3 is 16.0 Å². The molecule has 0 saturated heterocycles. The zero-order chi connectivity index (χ0) is 16.8. The molecule has 0 aromatic heterocycles. The first-order chi connectivity index (χ1) is 11.0. The molecule has 0 bridgehead atoms. The van der Waals surface area contributed by atoms with Gasteiger partial charge in [-0.3, -0.25) is 19.2 Å². The van der Waals surface area contributed by atoms with Crippen molar-refractivity contribution in [1.29, 1.82) is 0 Å². The van der Waals surface area contributed by atoms with E-state index < -0.39 is 23.8 Å². The monoisotopic (exact) mass is 334 g/mol. The average molecular weight is 334 g/mol. The Morgan fingerprint density at radius 2 is 1.96 bits per heavy atom. The van der Waals surface area contributed by atoms with Crippen molar-refractivity contribution in [1.82, 2.24) is 10.6 Å². The fourth-order valence-electron chi connectivity index (χ4n) is 1.73. The number of hydrogen-bond donors (Lipinski definition) is 3. The minimum atomic E-state index is -1.32. The minimum Gasteiger partial charge on any atom is -0.337 e. The molecule has 8 nitrogen and oxygen atoms in total. The molecule has 1 atom stereocenters. The highest BCUT2D eigenvalue weighted by atomic mass is 32.2. The van der Waals surface area contributed by atoms with E-state index in [0.717, 1.165) is 11.8 Å². The number of benzene rings is 1. The second-order valence-corrected chi connectivity index (χ2v) is 5.54. The highest BCUT2D eigenvalue weighted by Crippen LogP contribution is 2.10. The van der Waals surface area contributed by atoms with E-state index in [1.54, 1.807) is 24.3 Å². The number of thioether (sulfide) groups is 1. The lowest BCUT2D eigenvalue weighted by Crippen LogP contribution is -2.54. The molecule has 0 radical (unpaired) electrons. The summed E-state index contributed by atoms with van der Waals surface area (Å²) in [7, 11) is 0. The minimum absolute atomic E-state index is 0.0217. The molecule has 1 heterocycles. The molecule has 0 fully saturated rings. The van der Waals surface area contributed by atoms with Gasteiger partial charge in [0.15, 0.2) is 11.2 Å². The van der Waals surface area contributed by atoms with Crippen LogP contribution in [0.2, 0.25) is 0 Å². The van der Waals surface area contributed by atoms with Gasteiger partial charge in [0, 0.05) is 12.6 Å². The van der Waals surface area contributed by atoms with E-state index in [2.05, 4.69) is 20.9 Å². The summed E-state index contributed by atoms with van der Waals surface area (Å²) in [6.07, 6.45) is 0. The van der Waals surface area contributed by atoms with Gasteiger partial charge in [0.05, 0.1) is 5.75 Å². The molecule has 3 N–H and O–H groups in total. The van der Waals surface area contributed by atoms with Crippen molar-refractivity contribution < 1.29 is 19.2 Å². The lowest BCUT2D eigenvalue weighted by Gasteiger charge is -2.19. The molecular formula is C14H14N4O4S. The zero-order valence-electron chi connectivity index (χ0n) is 12.2. The smallest absolute Gasteiger partial charge is 0.280 e. The third kappa shape index (κ3) is 4.92. The fraction of sp³-hybridized carbons (Fsp3) is 0.214. The lowest BCUT2D eigenvalue weighted by atomic mass is 10.2. The maximum atomic E-state index is 11.8. The normalized spacial score (nSPS) is 17.1. The van der Waals surface area contributed by atoms with Crippen LogP contribution in [-0.4, -0.2) is 40.6 Å². The number of carbonyl (C=O) groups excluding carboxylic acids is 4. The molecule has 120 valence electrons. The summed E-state index contributed by atoms with van der Waals surface area (Å²) < 4.78 is 0. The van der Waals surface area contributed by atoms with E-state index in [1.807, 2.05) is 6.07 Å². The molecule has 1 aromatic carbocycles. The maximum Gasteiger partial charge on any atom is 0.280 e. The van der Waals surface area contributed by atoms with Crippen molar-refractivity contribution >= 4 is 46.2 Å². The summed E-state index contributed by atoms with van der Waals surface area (Å²) in [5, 5.41) is 7.28. The molecular weight excluding hydrogens is 320 g/mol. The molecule has 2 rings (SSSR count). The van der Waals surface area contributed by atoms with Gasteiger partial charge >= 0.3 is 0 Å². The van der Waals surface area contributed by atoms with Gasteiger partial charge in [-0.25, -0.2) is 0 Å². The van der Waals surface area contributed by atoms with Crippen LogP contribution in [0.4, 0.5) is 5.69 Å². The largest absolute Gasteiger partial charge is 0.337 e. The van der Waals surface area contributed by atoms with E-state index in [9.17, 15) is 19.2 Å². The Hall–Kier alpha value is -2.68. The molecule has 1 aromatic rings. The summed E-state index contributed by atoms with van der Waals surface area (Å²) in [6, 6.07) is 7.56. The van der Waals surface area contributed by atoms with Gasteiger partial charge in [-0.1, -0.05) is 30.0 Å². The Morgan fingerprint density at radius 3 is 2.57 bits per heavy atom. The molecule has 1 aliphatic rings. The van der Waals surface area contributed by atoms with Crippen LogP contribution in [0, 0.1) is 0 Å². The Kier molecular flexibility index (Phi) is 5.47. The number of hydrogen-bond acceptors (Lipinski definition) is 5. The Labute approximate surface area is 136 Å². The summed E-state index contributed by atoms with van der Waals surface area (Å²) >= 11 is 0.926. The Morgan fingerprint density at radius 1 is 1.26 bits per heavy atom. The van der Waals surface area contributed by atoms with Gasteiger partial charge in [-0.05, 0) is 12.1 Å². The molecule has 4 amide bonds. The van der Waals surface area contributed by atoms with E-state index in [4.69, 9.17) is 0 Å². The number of amides is 4. The average Bonchev–Trinajstić information content (AvgIpc) is 2.50. The second kappa shape index (κ2) is 7.54. The molecule has 9 heteroatoms.